The highest BCUT2D eigenvalue weighted by atomic mass is 35.5. The minimum absolute atomic E-state index is 0.0316. The van der Waals surface area contributed by atoms with Crippen molar-refractivity contribution >= 4 is 29.3 Å². The van der Waals surface area contributed by atoms with E-state index in [9.17, 15) is 13.6 Å². The quantitative estimate of drug-likeness (QED) is 0.648. The number of hydrogen-bond donors (Lipinski definition) is 0. The number of halogens is 3. The number of amides is 1. The van der Waals surface area contributed by atoms with Crippen molar-refractivity contribution < 1.29 is 13.6 Å². The zero-order valence-corrected chi connectivity index (χ0v) is 16.4. The minimum Gasteiger partial charge on any atom is -0.337 e. The number of carbonyl (C=O) groups is 1. The van der Waals surface area contributed by atoms with Crippen LogP contribution in [0.2, 0.25) is 5.02 Å². The Morgan fingerprint density at radius 3 is 2.48 bits per heavy atom. The maximum absolute atomic E-state index is 12.7. The van der Waals surface area contributed by atoms with Gasteiger partial charge < -0.3 is 4.90 Å². The van der Waals surface area contributed by atoms with Crippen molar-refractivity contribution in [2.24, 2.45) is 0 Å². The summed E-state index contributed by atoms with van der Waals surface area (Å²) in [6.07, 6.45) is 0.884. The van der Waals surface area contributed by atoms with Gasteiger partial charge in [-0.2, -0.15) is 8.78 Å². The third kappa shape index (κ3) is 5.67. The summed E-state index contributed by atoms with van der Waals surface area (Å²) in [6, 6.07) is 14.4. The molecule has 1 aliphatic rings. The van der Waals surface area contributed by atoms with Gasteiger partial charge in [0.15, 0.2) is 0 Å². The molecule has 1 saturated heterocycles. The second-order valence-electron chi connectivity index (χ2n) is 6.42. The molecule has 1 heterocycles. The first-order valence-electron chi connectivity index (χ1n) is 8.83. The Balaban J connectivity index is 1.57. The zero-order valence-electron chi connectivity index (χ0n) is 14.8. The van der Waals surface area contributed by atoms with Crippen molar-refractivity contribution in [2.45, 2.75) is 23.6 Å². The molecule has 1 amide bonds. The lowest BCUT2D eigenvalue weighted by molar-refractivity contribution is 0.0761. The molecular formula is C20H21ClF2N2OS. The van der Waals surface area contributed by atoms with Crippen LogP contribution in [-0.4, -0.2) is 47.6 Å². The largest absolute Gasteiger partial charge is 0.337 e. The summed E-state index contributed by atoms with van der Waals surface area (Å²) < 4.78 is 24.8. The molecule has 0 unspecified atom stereocenters. The van der Waals surface area contributed by atoms with Crippen molar-refractivity contribution in [3.63, 3.8) is 0 Å². The third-order valence-electron chi connectivity index (χ3n) is 4.53. The van der Waals surface area contributed by atoms with Gasteiger partial charge in [-0.05, 0) is 36.2 Å². The number of alkyl halides is 2. The highest BCUT2D eigenvalue weighted by molar-refractivity contribution is 7.99. The van der Waals surface area contributed by atoms with Crippen molar-refractivity contribution in [3.8, 4) is 0 Å². The summed E-state index contributed by atoms with van der Waals surface area (Å²) in [5.74, 6) is -2.43. The normalized spacial score (nSPS) is 15.8. The third-order valence-corrected chi connectivity index (χ3v) is 5.59. The fraction of sp³-hybridized carbons (Fsp3) is 0.350. The Morgan fingerprint density at radius 1 is 1.04 bits per heavy atom. The van der Waals surface area contributed by atoms with Crippen molar-refractivity contribution in [1.82, 2.24) is 9.80 Å². The summed E-state index contributed by atoms with van der Waals surface area (Å²) in [6.45, 7) is 3.74. The van der Waals surface area contributed by atoms with Crippen molar-refractivity contribution in [1.29, 1.82) is 0 Å². The second kappa shape index (κ2) is 9.53. The van der Waals surface area contributed by atoms with Gasteiger partial charge in [-0.3, -0.25) is 9.69 Å². The monoisotopic (exact) mass is 410 g/mol. The van der Waals surface area contributed by atoms with E-state index in [4.69, 9.17) is 11.6 Å². The minimum atomic E-state index is -2.40. The Kier molecular flexibility index (Phi) is 7.10. The predicted molar refractivity (Wildman–Crippen MR) is 106 cm³/mol. The number of nitrogens with zero attached hydrogens (tertiary/aromatic N) is 2. The number of hydrogen-bond acceptors (Lipinski definition) is 3. The first kappa shape index (κ1) is 20.1. The fourth-order valence-electron chi connectivity index (χ4n) is 3.17. The van der Waals surface area contributed by atoms with Crippen LogP contribution in [0.1, 0.15) is 22.3 Å². The molecule has 0 aliphatic carbocycles. The topological polar surface area (TPSA) is 23.6 Å². The van der Waals surface area contributed by atoms with Crippen LogP contribution in [0.4, 0.5) is 8.78 Å². The Morgan fingerprint density at radius 2 is 1.78 bits per heavy atom. The van der Waals surface area contributed by atoms with Gasteiger partial charge in [-0.1, -0.05) is 47.6 Å². The molecule has 1 aliphatic heterocycles. The summed E-state index contributed by atoms with van der Waals surface area (Å²) in [5, 5.41) is 0.477. The van der Waals surface area contributed by atoms with Gasteiger partial charge >= 0.3 is 0 Å². The Labute approximate surface area is 167 Å². The lowest BCUT2D eigenvalue weighted by Crippen LogP contribution is -2.35. The predicted octanol–water partition coefficient (Wildman–Crippen LogP) is 5.00. The summed E-state index contributed by atoms with van der Waals surface area (Å²) >= 11 is 6.71. The fourth-order valence-corrected chi connectivity index (χ4v) is 3.89. The van der Waals surface area contributed by atoms with Gasteiger partial charge in [0.2, 0.25) is 0 Å². The number of thioether (sulfide) groups is 1. The second-order valence-corrected chi connectivity index (χ2v) is 7.89. The molecule has 2 aromatic rings. The molecule has 3 rings (SSSR count). The molecule has 1 fully saturated rings. The molecule has 2 aromatic carbocycles. The summed E-state index contributed by atoms with van der Waals surface area (Å²) in [4.78, 5) is 17.4. The van der Waals surface area contributed by atoms with Gasteiger partial charge in [-0.15, -0.1) is 0 Å². The Bertz CT molecular complexity index is 773. The zero-order chi connectivity index (χ0) is 19.2. The molecule has 0 bridgehead atoms. The van der Waals surface area contributed by atoms with Crippen molar-refractivity contribution in [2.75, 3.05) is 26.2 Å². The highest BCUT2D eigenvalue weighted by Crippen LogP contribution is 2.25. The van der Waals surface area contributed by atoms with Crippen LogP contribution in [0.15, 0.2) is 53.4 Å². The summed E-state index contributed by atoms with van der Waals surface area (Å²) in [7, 11) is 0. The van der Waals surface area contributed by atoms with E-state index in [-0.39, 0.29) is 5.91 Å². The van der Waals surface area contributed by atoms with Gasteiger partial charge in [0, 0.05) is 37.6 Å². The van der Waals surface area contributed by atoms with Gasteiger partial charge in [0.1, 0.15) is 0 Å². The molecule has 0 aromatic heterocycles. The van der Waals surface area contributed by atoms with E-state index in [0.29, 0.717) is 40.3 Å². The van der Waals surface area contributed by atoms with E-state index < -0.39 is 5.76 Å². The van der Waals surface area contributed by atoms with E-state index >= 15 is 0 Å². The number of rotatable bonds is 5. The van der Waals surface area contributed by atoms with E-state index in [1.165, 1.54) is 0 Å². The molecule has 3 nitrogen and oxygen atoms in total. The van der Waals surface area contributed by atoms with Crippen LogP contribution in [0.3, 0.4) is 0 Å². The van der Waals surface area contributed by atoms with Crippen molar-refractivity contribution in [3.05, 3.63) is 64.7 Å². The lowest BCUT2D eigenvalue weighted by Gasteiger charge is -2.22. The van der Waals surface area contributed by atoms with Gasteiger partial charge in [-0.25, -0.2) is 0 Å². The SMILES string of the molecule is O=C(c1ccccc1Cl)N1CCCN(Cc2ccc(SC(F)F)cc2)CC1. The van der Waals surface area contributed by atoms with Crippen LogP contribution >= 0.6 is 23.4 Å². The Hall–Kier alpha value is -1.63. The van der Waals surface area contributed by atoms with E-state index in [1.54, 1.807) is 24.3 Å². The van der Waals surface area contributed by atoms with E-state index in [2.05, 4.69) is 4.90 Å². The van der Waals surface area contributed by atoms with Crippen LogP contribution in [-0.2, 0) is 6.54 Å². The first-order chi connectivity index (χ1) is 13.0. The highest BCUT2D eigenvalue weighted by Gasteiger charge is 2.21. The molecule has 0 spiro atoms. The number of carbonyl (C=O) groups excluding carboxylic acids is 1. The van der Waals surface area contributed by atoms with Crippen LogP contribution in [0.25, 0.3) is 0 Å². The number of benzene rings is 2. The first-order valence-corrected chi connectivity index (χ1v) is 10.1. The lowest BCUT2D eigenvalue weighted by atomic mass is 10.2. The molecule has 27 heavy (non-hydrogen) atoms. The molecule has 0 atom stereocenters. The smallest absolute Gasteiger partial charge is 0.288 e. The van der Waals surface area contributed by atoms with E-state index in [1.807, 2.05) is 29.2 Å². The molecule has 0 saturated carbocycles. The molecule has 144 valence electrons. The van der Waals surface area contributed by atoms with Gasteiger partial charge in [0.05, 0.1) is 10.6 Å². The van der Waals surface area contributed by atoms with Gasteiger partial charge in [0.25, 0.3) is 11.7 Å². The van der Waals surface area contributed by atoms with E-state index in [0.717, 1.165) is 31.6 Å². The molecule has 0 radical (unpaired) electrons. The summed E-state index contributed by atoms with van der Waals surface area (Å²) in [5.41, 5.74) is 1.62. The maximum Gasteiger partial charge on any atom is 0.288 e. The van der Waals surface area contributed by atoms with Crippen LogP contribution < -0.4 is 0 Å². The average Bonchev–Trinajstić information content (AvgIpc) is 2.88. The molecular weight excluding hydrogens is 390 g/mol. The average molecular weight is 411 g/mol. The standard InChI is InChI=1S/C20H21ClF2N2OS/c21-18-5-2-1-4-17(18)19(26)25-11-3-10-24(12-13-25)14-15-6-8-16(9-7-15)27-20(22)23/h1-2,4-9,20H,3,10-14H2. The molecule has 7 heteroatoms. The van der Waals surface area contributed by atoms with Crippen LogP contribution in [0, 0.1) is 0 Å². The molecule has 0 N–H and O–H groups in total. The van der Waals surface area contributed by atoms with Crippen LogP contribution in [0.5, 0.6) is 0 Å². The maximum atomic E-state index is 12.7.